The first kappa shape index (κ1) is 14.3. The molecule has 1 rings (SSSR count). The average Bonchev–Trinajstić information content (AvgIpc) is 2.30. The molecule has 98 valence electrons. The van der Waals surface area contributed by atoms with Crippen LogP contribution in [0.25, 0.3) is 5.57 Å². The Kier molecular flexibility index (Phi) is 5.43. The first-order chi connectivity index (χ1) is 8.56. The largest absolute Gasteiger partial charge is 0.494 e. The van der Waals surface area contributed by atoms with E-state index in [-0.39, 0.29) is 0 Å². The molecule has 0 spiro atoms. The number of carboxylic acid groups (broad SMARTS) is 1. The van der Waals surface area contributed by atoms with Crippen molar-refractivity contribution in [2.75, 3.05) is 6.61 Å². The smallest absolute Gasteiger partial charge is 0.336 e. The summed E-state index contributed by atoms with van der Waals surface area (Å²) in [5.41, 5.74) is 1.86. The molecule has 1 aromatic carbocycles. The lowest BCUT2D eigenvalue weighted by Gasteiger charge is -2.08. The van der Waals surface area contributed by atoms with Gasteiger partial charge < -0.3 is 9.84 Å². The van der Waals surface area contributed by atoms with Gasteiger partial charge in [-0.05, 0) is 38.0 Å². The zero-order valence-corrected chi connectivity index (χ0v) is 11.2. The second-order valence-electron chi connectivity index (χ2n) is 4.41. The van der Waals surface area contributed by atoms with E-state index in [0.29, 0.717) is 17.7 Å². The molecule has 0 saturated heterocycles. The van der Waals surface area contributed by atoms with Crippen LogP contribution in [0.15, 0.2) is 29.8 Å². The van der Waals surface area contributed by atoms with E-state index in [9.17, 15) is 4.79 Å². The first-order valence-corrected chi connectivity index (χ1v) is 6.20. The summed E-state index contributed by atoms with van der Waals surface area (Å²) in [5.74, 6) is -0.111. The number of hydrogen-bond acceptors (Lipinski definition) is 2. The van der Waals surface area contributed by atoms with Gasteiger partial charge in [-0.3, -0.25) is 0 Å². The van der Waals surface area contributed by atoms with Gasteiger partial charge >= 0.3 is 5.97 Å². The highest BCUT2D eigenvalue weighted by atomic mass is 16.5. The summed E-state index contributed by atoms with van der Waals surface area (Å²) in [6, 6.07) is 7.21. The van der Waals surface area contributed by atoms with Gasteiger partial charge in [-0.25, -0.2) is 4.79 Å². The van der Waals surface area contributed by atoms with Crippen molar-refractivity contribution in [2.45, 2.75) is 33.6 Å². The van der Waals surface area contributed by atoms with Crippen molar-refractivity contribution in [1.29, 1.82) is 0 Å². The molecule has 0 fully saturated rings. The molecule has 0 aromatic heterocycles. The molecule has 3 heteroatoms. The third-order valence-electron chi connectivity index (χ3n) is 2.62. The normalized spacial score (nSPS) is 9.94. The Labute approximate surface area is 108 Å². The molecular weight excluding hydrogens is 228 g/mol. The lowest BCUT2D eigenvalue weighted by molar-refractivity contribution is -0.130. The van der Waals surface area contributed by atoms with Gasteiger partial charge in [0, 0.05) is 0 Å². The maximum Gasteiger partial charge on any atom is 0.336 e. The van der Waals surface area contributed by atoms with Crippen LogP contribution in [0.3, 0.4) is 0 Å². The van der Waals surface area contributed by atoms with E-state index in [1.54, 1.807) is 26.0 Å². The van der Waals surface area contributed by atoms with Gasteiger partial charge in [-0.15, -0.1) is 0 Å². The summed E-state index contributed by atoms with van der Waals surface area (Å²) in [6.45, 7) is 6.41. The Morgan fingerprint density at radius 1 is 1.22 bits per heavy atom. The molecule has 18 heavy (non-hydrogen) atoms. The fourth-order valence-electron chi connectivity index (χ4n) is 1.68. The number of allylic oxidation sites excluding steroid dienone is 1. The second kappa shape index (κ2) is 6.84. The molecular formula is C15H20O3. The summed E-state index contributed by atoms with van der Waals surface area (Å²) < 4.78 is 5.54. The number of carboxylic acids is 1. The maximum atomic E-state index is 11.1. The lowest BCUT2D eigenvalue weighted by Crippen LogP contribution is -2.02. The summed E-state index contributed by atoms with van der Waals surface area (Å²) in [7, 11) is 0. The molecule has 1 N–H and O–H groups in total. The number of ether oxygens (including phenoxy) is 1. The summed E-state index contributed by atoms with van der Waals surface area (Å²) in [5, 5.41) is 9.15. The predicted molar refractivity (Wildman–Crippen MR) is 72.7 cm³/mol. The third kappa shape index (κ3) is 3.91. The molecule has 0 aliphatic carbocycles. The number of rotatable bonds is 6. The van der Waals surface area contributed by atoms with E-state index < -0.39 is 5.97 Å². The minimum atomic E-state index is -0.894. The Balaban J connectivity index is 2.82. The van der Waals surface area contributed by atoms with Gasteiger partial charge in [0.15, 0.2) is 0 Å². The number of benzene rings is 1. The van der Waals surface area contributed by atoms with E-state index in [0.717, 1.165) is 24.2 Å². The van der Waals surface area contributed by atoms with Crippen LogP contribution in [0.1, 0.15) is 39.2 Å². The summed E-state index contributed by atoms with van der Waals surface area (Å²) >= 11 is 0. The fraction of sp³-hybridized carbons (Fsp3) is 0.400. The van der Waals surface area contributed by atoms with Crippen LogP contribution in [0.4, 0.5) is 0 Å². The van der Waals surface area contributed by atoms with Crippen LogP contribution in [-0.4, -0.2) is 17.7 Å². The number of aliphatic carboxylic acids is 1. The molecule has 0 unspecified atom stereocenters. The number of unbranched alkanes of at least 4 members (excludes halogenated alkanes) is 1. The number of hydrogen-bond donors (Lipinski definition) is 1. The quantitative estimate of drug-likeness (QED) is 0.616. The maximum absolute atomic E-state index is 11.1. The lowest BCUT2D eigenvalue weighted by atomic mass is 10.0. The molecule has 0 radical (unpaired) electrons. The SMILES string of the molecule is CCCCOc1ccc(C(C(=O)O)=C(C)C)cc1. The molecule has 0 bridgehead atoms. The van der Waals surface area contributed by atoms with Gasteiger partial charge in [-0.2, -0.15) is 0 Å². The van der Waals surface area contributed by atoms with E-state index in [4.69, 9.17) is 9.84 Å². The summed E-state index contributed by atoms with van der Waals surface area (Å²) in [4.78, 5) is 11.1. The highest BCUT2D eigenvalue weighted by Crippen LogP contribution is 2.22. The predicted octanol–water partition coefficient (Wildman–Crippen LogP) is 3.74. The molecule has 3 nitrogen and oxygen atoms in total. The number of carbonyl (C=O) groups is 1. The zero-order chi connectivity index (χ0) is 13.5. The van der Waals surface area contributed by atoms with Crippen molar-refractivity contribution in [2.24, 2.45) is 0 Å². The molecule has 0 aliphatic rings. The van der Waals surface area contributed by atoms with Gasteiger partial charge in [0.2, 0.25) is 0 Å². The average molecular weight is 248 g/mol. The zero-order valence-electron chi connectivity index (χ0n) is 11.2. The van der Waals surface area contributed by atoms with Crippen molar-refractivity contribution in [3.05, 3.63) is 35.4 Å². The molecule has 0 amide bonds. The van der Waals surface area contributed by atoms with Gasteiger partial charge in [0.05, 0.1) is 12.2 Å². The van der Waals surface area contributed by atoms with Crippen LogP contribution in [0.5, 0.6) is 5.75 Å². The third-order valence-corrected chi connectivity index (χ3v) is 2.62. The topological polar surface area (TPSA) is 46.5 Å². The first-order valence-electron chi connectivity index (χ1n) is 6.20. The summed E-state index contributed by atoms with van der Waals surface area (Å²) in [6.07, 6.45) is 2.12. The monoisotopic (exact) mass is 248 g/mol. The minimum Gasteiger partial charge on any atom is -0.494 e. The molecule has 0 atom stereocenters. The second-order valence-corrected chi connectivity index (χ2v) is 4.41. The highest BCUT2D eigenvalue weighted by Gasteiger charge is 2.11. The van der Waals surface area contributed by atoms with Crippen LogP contribution in [0.2, 0.25) is 0 Å². The molecule has 0 aliphatic heterocycles. The van der Waals surface area contributed by atoms with Crippen LogP contribution in [0, 0.1) is 0 Å². The Bertz CT molecular complexity index is 426. The molecule has 0 heterocycles. The Morgan fingerprint density at radius 3 is 2.28 bits per heavy atom. The van der Waals surface area contributed by atoms with Crippen LogP contribution in [-0.2, 0) is 4.79 Å². The van der Waals surface area contributed by atoms with Crippen LogP contribution < -0.4 is 4.74 Å². The van der Waals surface area contributed by atoms with E-state index >= 15 is 0 Å². The van der Waals surface area contributed by atoms with E-state index in [1.807, 2.05) is 12.1 Å². The minimum absolute atomic E-state index is 0.357. The highest BCUT2D eigenvalue weighted by molar-refractivity contribution is 6.16. The Hall–Kier alpha value is -1.77. The van der Waals surface area contributed by atoms with Crippen molar-refractivity contribution in [3.8, 4) is 5.75 Å². The van der Waals surface area contributed by atoms with Crippen molar-refractivity contribution < 1.29 is 14.6 Å². The Morgan fingerprint density at radius 2 is 1.83 bits per heavy atom. The van der Waals surface area contributed by atoms with Crippen LogP contribution >= 0.6 is 0 Å². The molecule has 0 saturated carbocycles. The van der Waals surface area contributed by atoms with E-state index in [2.05, 4.69) is 6.92 Å². The van der Waals surface area contributed by atoms with E-state index in [1.165, 1.54) is 0 Å². The molecule has 1 aromatic rings. The van der Waals surface area contributed by atoms with Gasteiger partial charge in [0.1, 0.15) is 5.75 Å². The van der Waals surface area contributed by atoms with Gasteiger partial charge in [0.25, 0.3) is 0 Å². The fourth-order valence-corrected chi connectivity index (χ4v) is 1.68. The standard InChI is InChI=1S/C15H20O3/c1-4-5-10-18-13-8-6-12(7-9-13)14(11(2)3)15(16)17/h6-9H,4-5,10H2,1-3H3,(H,16,17). The van der Waals surface area contributed by atoms with Gasteiger partial charge in [-0.1, -0.05) is 31.1 Å². The van der Waals surface area contributed by atoms with Crippen molar-refractivity contribution in [3.63, 3.8) is 0 Å². The van der Waals surface area contributed by atoms with Crippen molar-refractivity contribution >= 4 is 11.5 Å². The van der Waals surface area contributed by atoms with Crippen molar-refractivity contribution in [1.82, 2.24) is 0 Å².